The Morgan fingerprint density at radius 1 is 1.47 bits per heavy atom. The van der Waals surface area contributed by atoms with E-state index in [-0.39, 0.29) is 0 Å². The van der Waals surface area contributed by atoms with Crippen molar-refractivity contribution in [3.63, 3.8) is 0 Å². The van der Waals surface area contributed by atoms with E-state index in [0.29, 0.717) is 11.1 Å². The highest BCUT2D eigenvalue weighted by Gasteiger charge is 2.12. The van der Waals surface area contributed by atoms with Crippen LogP contribution in [0.15, 0.2) is 24.4 Å². The number of aromatic nitrogens is 1. The second kappa shape index (κ2) is 5.57. The highest BCUT2D eigenvalue weighted by atomic mass is 16.5. The number of carbonyl (C=O) groups excluding carboxylic acids is 1. The molecule has 0 N–H and O–H groups in total. The molecule has 0 aliphatic carbocycles. The lowest BCUT2D eigenvalue weighted by Gasteiger charge is -2.06. The molecule has 0 bridgehead atoms. The van der Waals surface area contributed by atoms with Crippen LogP contribution in [-0.2, 0) is 11.3 Å². The van der Waals surface area contributed by atoms with Gasteiger partial charge in [-0.25, -0.2) is 4.79 Å². The Bertz CT molecular complexity index is 650. The first-order valence-electron chi connectivity index (χ1n) is 6.32. The van der Waals surface area contributed by atoms with Gasteiger partial charge in [-0.05, 0) is 24.6 Å². The predicted octanol–water partition coefficient (Wildman–Crippen LogP) is 3.10. The maximum absolute atomic E-state index is 11.6. The number of nitriles is 1. The van der Waals surface area contributed by atoms with Gasteiger partial charge < -0.3 is 9.30 Å². The number of rotatable bonds is 4. The van der Waals surface area contributed by atoms with Crippen molar-refractivity contribution in [3.05, 3.63) is 35.5 Å². The SMILES string of the molecule is CCCCn1ccc2c(C#N)cc(C(=O)OC)cc21. The fourth-order valence-electron chi connectivity index (χ4n) is 2.15. The third-order valence-corrected chi connectivity index (χ3v) is 3.18. The normalized spacial score (nSPS) is 10.4. The Morgan fingerprint density at radius 2 is 2.26 bits per heavy atom. The van der Waals surface area contributed by atoms with Gasteiger partial charge in [0.1, 0.15) is 0 Å². The minimum atomic E-state index is -0.415. The van der Waals surface area contributed by atoms with Crippen molar-refractivity contribution in [1.82, 2.24) is 4.57 Å². The average molecular weight is 256 g/mol. The first-order chi connectivity index (χ1) is 9.21. The van der Waals surface area contributed by atoms with Crippen molar-refractivity contribution in [2.45, 2.75) is 26.3 Å². The molecule has 0 spiro atoms. The van der Waals surface area contributed by atoms with E-state index < -0.39 is 5.97 Å². The molecule has 0 radical (unpaired) electrons. The monoisotopic (exact) mass is 256 g/mol. The summed E-state index contributed by atoms with van der Waals surface area (Å²) in [5.41, 5.74) is 1.84. The van der Waals surface area contributed by atoms with Gasteiger partial charge in [0.25, 0.3) is 0 Å². The number of nitrogens with zero attached hydrogens (tertiary/aromatic N) is 2. The zero-order valence-corrected chi connectivity index (χ0v) is 11.1. The van der Waals surface area contributed by atoms with Gasteiger partial charge in [0.05, 0.1) is 29.8 Å². The van der Waals surface area contributed by atoms with E-state index in [4.69, 9.17) is 4.74 Å². The summed E-state index contributed by atoms with van der Waals surface area (Å²) in [4.78, 5) is 11.6. The van der Waals surface area contributed by atoms with Gasteiger partial charge in [0, 0.05) is 18.1 Å². The standard InChI is InChI=1S/C15H16N2O2/c1-3-4-6-17-7-5-13-12(10-16)8-11(9-14(13)17)15(18)19-2/h5,7-9H,3-4,6H2,1-2H3. The second-order valence-corrected chi connectivity index (χ2v) is 4.42. The first-order valence-corrected chi connectivity index (χ1v) is 6.32. The van der Waals surface area contributed by atoms with Crippen LogP contribution in [0.5, 0.6) is 0 Å². The number of carbonyl (C=O) groups is 1. The Balaban J connectivity index is 2.58. The lowest BCUT2D eigenvalue weighted by Crippen LogP contribution is -2.03. The summed E-state index contributed by atoms with van der Waals surface area (Å²) in [6, 6.07) is 7.43. The molecular weight excluding hydrogens is 240 g/mol. The number of fused-ring (bicyclic) bond motifs is 1. The quantitative estimate of drug-likeness (QED) is 0.790. The van der Waals surface area contributed by atoms with Crippen LogP contribution in [0.1, 0.15) is 35.7 Å². The summed E-state index contributed by atoms with van der Waals surface area (Å²) < 4.78 is 6.80. The highest BCUT2D eigenvalue weighted by Crippen LogP contribution is 2.23. The Hall–Kier alpha value is -2.28. The van der Waals surface area contributed by atoms with Gasteiger partial charge in [-0.3, -0.25) is 0 Å². The minimum Gasteiger partial charge on any atom is -0.465 e. The first kappa shape index (κ1) is 13.2. The zero-order valence-electron chi connectivity index (χ0n) is 11.1. The molecule has 0 amide bonds. The Morgan fingerprint density at radius 3 is 2.89 bits per heavy atom. The van der Waals surface area contributed by atoms with Crippen LogP contribution in [-0.4, -0.2) is 17.6 Å². The smallest absolute Gasteiger partial charge is 0.337 e. The van der Waals surface area contributed by atoms with Gasteiger partial charge in [0.2, 0.25) is 0 Å². The number of aryl methyl sites for hydroxylation is 1. The molecule has 19 heavy (non-hydrogen) atoms. The molecule has 1 heterocycles. The maximum atomic E-state index is 11.6. The Kier molecular flexibility index (Phi) is 3.86. The molecule has 4 heteroatoms. The summed E-state index contributed by atoms with van der Waals surface area (Å²) in [5.74, 6) is -0.415. The fraction of sp³-hybridized carbons (Fsp3) is 0.333. The van der Waals surface area contributed by atoms with Crippen LogP contribution in [0.2, 0.25) is 0 Å². The average Bonchev–Trinajstić information content (AvgIpc) is 2.86. The van der Waals surface area contributed by atoms with Crippen molar-refractivity contribution in [3.8, 4) is 6.07 Å². The van der Waals surface area contributed by atoms with E-state index in [9.17, 15) is 10.1 Å². The molecule has 0 fully saturated rings. The molecule has 2 rings (SSSR count). The van der Waals surface area contributed by atoms with E-state index in [1.807, 2.05) is 12.3 Å². The van der Waals surface area contributed by atoms with Crippen LogP contribution in [0.25, 0.3) is 10.9 Å². The molecule has 4 nitrogen and oxygen atoms in total. The van der Waals surface area contributed by atoms with Crippen LogP contribution in [0, 0.1) is 11.3 Å². The lowest BCUT2D eigenvalue weighted by molar-refractivity contribution is 0.0601. The van der Waals surface area contributed by atoms with Gasteiger partial charge in [-0.2, -0.15) is 5.26 Å². The van der Waals surface area contributed by atoms with Crippen molar-refractivity contribution in [2.75, 3.05) is 7.11 Å². The van der Waals surface area contributed by atoms with Crippen molar-refractivity contribution in [1.29, 1.82) is 5.26 Å². The molecule has 1 aromatic carbocycles. The molecule has 0 aliphatic rings. The molecule has 0 saturated carbocycles. The van der Waals surface area contributed by atoms with E-state index >= 15 is 0 Å². The second-order valence-electron chi connectivity index (χ2n) is 4.42. The van der Waals surface area contributed by atoms with Gasteiger partial charge in [0.15, 0.2) is 0 Å². The fourth-order valence-corrected chi connectivity index (χ4v) is 2.15. The predicted molar refractivity (Wildman–Crippen MR) is 72.9 cm³/mol. The van der Waals surface area contributed by atoms with E-state index in [1.54, 1.807) is 12.1 Å². The third-order valence-electron chi connectivity index (χ3n) is 3.18. The number of methoxy groups -OCH3 is 1. The zero-order chi connectivity index (χ0) is 13.8. The van der Waals surface area contributed by atoms with Crippen LogP contribution >= 0.6 is 0 Å². The van der Waals surface area contributed by atoms with E-state index in [1.165, 1.54) is 7.11 Å². The highest BCUT2D eigenvalue weighted by molar-refractivity contribution is 5.97. The number of unbranched alkanes of at least 4 members (excludes halogenated alkanes) is 1. The summed E-state index contributed by atoms with van der Waals surface area (Å²) in [5, 5.41) is 10.1. The number of benzene rings is 1. The summed E-state index contributed by atoms with van der Waals surface area (Å²) in [6.07, 6.45) is 4.12. The third kappa shape index (κ3) is 2.45. The van der Waals surface area contributed by atoms with Gasteiger partial charge in [-0.1, -0.05) is 13.3 Å². The number of hydrogen-bond donors (Lipinski definition) is 0. The molecule has 1 aromatic heterocycles. The molecule has 0 unspecified atom stereocenters. The van der Waals surface area contributed by atoms with E-state index in [0.717, 1.165) is 30.3 Å². The molecule has 2 aromatic rings. The largest absolute Gasteiger partial charge is 0.465 e. The molecule has 0 aliphatic heterocycles. The molecular formula is C15H16N2O2. The summed E-state index contributed by atoms with van der Waals surface area (Å²) in [7, 11) is 1.34. The van der Waals surface area contributed by atoms with Gasteiger partial charge in [-0.15, -0.1) is 0 Å². The number of hydrogen-bond acceptors (Lipinski definition) is 3. The number of ether oxygens (including phenoxy) is 1. The maximum Gasteiger partial charge on any atom is 0.337 e. The molecule has 0 saturated heterocycles. The topological polar surface area (TPSA) is 55.0 Å². The van der Waals surface area contributed by atoms with Crippen molar-refractivity contribution >= 4 is 16.9 Å². The Labute approximate surface area is 112 Å². The summed E-state index contributed by atoms with van der Waals surface area (Å²) in [6.45, 7) is 3.02. The van der Waals surface area contributed by atoms with Crippen molar-refractivity contribution in [2.24, 2.45) is 0 Å². The van der Waals surface area contributed by atoms with Crippen LogP contribution < -0.4 is 0 Å². The van der Waals surface area contributed by atoms with Crippen molar-refractivity contribution < 1.29 is 9.53 Å². The van der Waals surface area contributed by atoms with Crippen LogP contribution in [0.4, 0.5) is 0 Å². The van der Waals surface area contributed by atoms with E-state index in [2.05, 4.69) is 17.6 Å². The molecule has 98 valence electrons. The molecule has 0 atom stereocenters. The number of esters is 1. The minimum absolute atomic E-state index is 0.415. The lowest BCUT2D eigenvalue weighted by atomic mass is 10.1. The van der Waals surface area contributed by atoms with Gasteiger partial charge >= 0.3 is 5.97 Å². The summed E-state index contributed by atoms with van der Waals surface area (Å²) >= 11 is 0. The van der Waals surface area contributed by atoms with Crippen LogP contribution in [0.3, 0.4) is 0 Å².